The zero-order valence-corrected chi connectivity index (χ0v) is 15.2. The molecule has 5 nitrogen and oxygen atoms in total. The van der Waals surface area contributed by atoms with Crippen molar-refractivity contribution < 1.29 is 9.53 Å². The number of nitrogens with zero attached hydrogens (tertiary/aromatic N) is 2. The van der Waals surface area contributed by atoms with Crippen LogP contribution in [0.5, 0.6) is 0 Å². The fourth-order valence-corrected chi connectivity index (χ4v) is 5.34. The molecule has 0 bridgehead atoms. The Hall–Kier alpha value is -0.980. The van der Waals surface area contributed by atoms with Gasteiger partial charge in [0, 0.05) is 43.1 Å². The van der Waals surface area contributed by atoms with Crippen LogP contribution in [0.3, 0.4) is 0 Å². The van der Waals surface area contributed by atoms with E-state index in [9.17, 15) is 4.79 Å². The zero-order valence-electron chi connectivity index (χ0n) is 14.4. The second-order valence-electron chi connectivity index (χ2n) is 7.51. The molecule has 3 fully saturated rings. The molecule has 0 aromatic carbocycles. The Bertz CT molecular complexity index is 585. The van der Waals surface area contributed by atoms with Crippen LogP contribution < -0.4 is 5.32 Å². The van der Waals surface area contributed by atoms with Crippen LogP contribution in [0.4, 0.5) is 0 Å². The van der Waals surface area contributed by atoms with Gasteiger partial charge in [-0.15, -0.1) is 11.3 Å². The molecule has 2 aliphatic heterocycles. The van der Waals surface area contributed by atoms with Gasteiger partial charge in [0.1, 0.15) is 0 Å². The molecule has 1 N–H and O–H groups in total. The lowest BCUT2D eigenvalue weighted by Crippen LogP contribution is -2.53. The number of thiazole rings is 1. The molecule has 3 aliphatic rings. The second-order valence-corrected chi connectivity index (χ2v) is 8.45. The van der Waals surface area contributed by atoms with Crippen molar-refractivity contribution >= 4 is 17.2 Å². The summed E-state index contributed by atoms with van der Waals surface area (Å²) in [6.45, 7) is 5.54. The molecule has 24 heavy (non-hydrogen) atoms. The molecule has 1 amide bonds. The van der Waals surface area contributed by atoms with Gasteiger partial charge in [-0.2, -0.15) is 0 Å². The fourth-order valence-electron chi connectivity index (χ4n) is 4.52. The highest BCUT2D eigenvalue weighted by Crippen LogP contribution is 2.35. The maximum absolute atomic E-state index is 12.9. The Kier molecular flexibility index (Phi) is 4.88. The molecule has 0 radical (unpaired) electrons. The lowest BCUT2D eigenvalue weighted by atomic mass is 9.82. The van der Waals surface area contributed by atoms with E-state index in [0.29, 0.717) is 12.0 Å². The van der Waals surface area contributed by atoms with Gasteiger partial charge in [-0.05, 0) is 26.2 Å². The van der Waals surface area contributed by atoms with E-state index in [2.05, 4.69) is 22.1 Å². The van der Waals surface area contributed by atoms with Crippen LogP contribution in [0.25, 0.3) is 0 Å². The second kappa shape index (κ2) is 7.10. The number of hydrogen-bond donors (Lipinski definition) is 1. The van der Waals surface area contributed by atoms with Crippen LogP contribution in [0.1, 0.15) is 42.7 Å². The van der Waals surface area contributed by atoms with Crippen molar-refractivity contribution in [2.24, 2.45) is 11.8 Å². The number of rotatable bonds is 4. The summed E-state index contributed by atoms with van der Waals surface area (Å²) < 4.78 is 5.95. The zero-order chi connectivity index (χ0) is 16.5. The van der Waals surface area contributed by atoms with Crippen LogP contribution in [0.15, 0.2) is 5.51 Å². The molecule has 4 rings (SSSR count). The number of fused-ring (bicyclic) bond motifs is 1. The number of carbonyl (C=O) groups excluding carboxylic acids is 1. The topological polar surface area (TPSA) is 54.5 Å². The van der Waals surface area contributed by atoms with Gasteiger partial charge >= 0.3 is 0 Å². The molecular weight excluding hydrogens is 322 g/mol. The standard InChI is InChI=1S/C18H27N3O2S/c1-12-17(24-11-19-12)10-21-8-15(14-6-7-23-16(14)9-21)18(22)20-13-4-2-3-5-13/h11,13-16H,2-10H2,1H3,(H,20,22)/t14-,15-,16+/m0/s1. The largest absolute Gasteiger partial charge is 0.377 e. The molecule has 0 unspecified atom stereocenters. The minimum absolute atomic E-state index is 0.0695. The number of nitrogens with one attached hydrogen (secondary N) is 1. The molecule has 6 heteroatoms. The van der Waals surface area contributed by atoms with Crippen LogP contribution >= 0.6 is 11.3 Å². The summed E-state index contributed by atoms with van der Waals surface area (Å²) in [5.41, 5.74) is 3.02. The predicted octanol–water partition coefficient (Wildman–Crippen LogP) is 2.35. The normalized spacial score (nSPS) is 31.3. The first-order valence-corrected chi connectivity index (χ1v) is 10.1. The number of hydrogen-bond acceptors (Lipinski definition) is 5. The summed E-state index contributed by atoms with van der Waals surface area (Å²) in [4.78, 5) is 21.0. The van der Waals surface area contributed by atoms with E-state index >= 15 is 0 Å². The third-order valence-electron chi connectivity index (χ3n) is 5.92. The lowest BCUT2D eigenvalue weighted by Gasteiger charge is -2.39. The van der Waals surface area contributed by atoms with Crippen molar-refractivity contribution in [3.8, 4) is 0 Å². The molecule has 3 heterocycles. The van der Waals surface area contributed by atoms with Crippen molar-refractivity contribution in [2.45, 2.75) is 57.7 Å². The number of aryl methyl sites for hydroxylation is 1. The van der Waals surface area contributed by atoms with E-state index in [-0.39, 0.29) is 17.9 Å². The SMILES string of the molecule is Cc1ncsc1CN1C[C@H](C(=O)NC2CCCC2)[C@@H]2CCO[C@@H]2C1. The monoisotopic (exact) mass is 349 g/mol. The average Bonchev–Trinajstić information content (AvgIpc) is 3.30. The van der Waals surface area contributed by atoms with Gasteiger partial charge in [0.2, 0.25) is 5.91 Å². The summed E-state index contributed by atoms with van der Waals surface area (Å²) in [6, 6.07) is 0.400. The van der Waals surface area contributed by atoms with E-state index < -0.39 is 0 Å². The molecule has 0 spiro atoms. The number of ether oxygens (including phenoxy) is 1. The Morgan fingerprint density at radius 1 is 1.38 bits per heavy atom. The average molecular weight is 350 g/mol. The maximum atomic E-state index is 12.9. The molecule has 1 aromatic heterocycles. The predicted molar refractivity (Wildman–Crippen MR) is 93.9 cm³/mol. The first kappa shape index (κ1) is 16.5. The first-order valence-electron chi connectivity index (χ1n) is 9.24. The Morgan fingerprint density at radius 3 is 2.96 bits per heavy atom. The quantitative estimate of drug-likeness (QED) is 0.907. The Morgan fingerprint density at radius 2 is 2.21 bits per heavy atom. The van der Waals surface area contributed by atoms with E-state index in [4.69, 9.17) is 4.74 Å². The van der Waals surface area contributed by atoms with Gasteiger partial charge in [-0.25, -0.2) is 4.98 Å². The van der Waals surface area contributed by atoms with Crippen molar-refractivity contribution in [1.82, 2.24) is 15.2 Å². The van der Waals surface area contributed by atoms with Gasteiger partial charge in [0.25, 0.3) is 0 Å². The van der Waals surface area contributed by atoms with E-state index in [0.717, 1.165) is 51.2 Å². The molecule has 2 saturated heterocycles. The van der Waals surface area contributed by atoms with Crippen LogP contribution in [-0.2, 0) is 16.1 Å². The van der Waals surface area contributed by atoms with Gasteiger partial charge < -0.3 is 10.1 Å². The van der Waals surface area contributed by atoms with Crippen LogP contribution in [0.2, 0.25) is 0 Å². The third-order valence-corrected chi connectivity index (χ3v) is 6.84. The summed E-state index contributed by atoms with van der Waals surface area (Å²) in [7, 11) is 0. The van der Waals surface area contributed by atoms with E-state index in [1.807, 2.05) is 5.51 Å². The highest BCUT2D eigenvalue weighted by Gasteiger charge is 2.44. The Labute approximate surface area is 147 Å². The minimum atomic E-state index is 0.0695. The van der Waals surface area contributed by atoms with Gasteiger partial charge in [-0.1, -0.05) is 12.8 Å². The number of likely N-dealkylation sites (tertiary alicyclic amines) is 1. The van der Waals surface area contributed by atoms with Crippen molar-refractivity contribution in [3.63, 3.8) is 0 Å². The molecular formula is C18H27N3O2S. The Balaban J connectivity index is 1.44. The van der Waals surface area contributed by atoms with Crippen LogP contribution in [-0.4, -0.2) is 47.6 Å². The van der Waals surface area contributed by atoms with E-state index in [1.54, 1.807) is 11.3 Å². The summed E-state index contributed by atoms with van der Waals surface area (Å²) in [5, 5.41) is 3.32. The van der Waals surface area contributed by atoms with Crippen molar-refractivity contribution in [2.75, 3.05) is 19.7 Å². The highest BCUT2D eigenvalue weighted by atomic mass is 32.1. The summed E-state index contributed by atoms with van der Waals surface area (Å²) in [5.74, 6) is 0.721. The number of amides is 1. The van der Waals surface area contributed by atoms with E-state index in [1.165, 1.54) is 17.7 Å². The smallest absolute Gasteiger partial charge is 0.225 e. The number of carbonyl (C=O) groups is 1. The van der Waals surface area contributed by atoms with Gasteiger partial charge in [0.05, 0.1) is 23.2 Å². The molecule has 1 aliphatic carbocycles. The molecule has 1 saturated carbocycles. The number of piperidine rings is 1. The molecule has 1 aromatic rings. The summed E-state index contributed by atoms with van der Waals surface area (Å²) in [6.07, 6.45) is 6.04. The van der Waals surface area contributed by atoms with Crippen LogP contribution in [0, 0.1) is 18.8 Å². The third kappa shape index (κ3) is 3.37. The fraction of sp³-hybridized carbons (Fsp3) is 0.778. The van der Waals surface area contributed by atoms with Crippen molar-refractivity contribution in [3.05, 3.63) is 16.1 Å². The molecule has 3 atom stereocenters. The first-order chi connectivity index (χ1) is 11.7. The lowest BCUT2D eigenvalue weighted by molar-refractivity contribution is -0.131. The summed E-state index contributed by atoms with van der Waals surface area (Å²) >= 11 is 1.71. The van der Waals surface area contributed by atoms with Gasteiger partial charge in [-0.3, -0.25) is 9.69 Å². The molecule has 132 valence electrons. The van der Waals surface area contributed by atoms with Gasteiger partial charge in [0.15, 0.2) is 0 Å². The van der Waals surface area contributed by atoms with Crippen molar-refractivity contribution in [1.29, 1.82) is 0 Å². The highest BCUT2D eigenvalue weighted by molar-refractivity contribution is 7.09. The number of aromatic nitrogens is 1. The maximum Gasteiger partial charge on any atom is 0.225 e. The minimum Gasteiger partial charge on any atom is -0.377 e.